The Labute approximate surface area is 96.2 Å². The first kappa shape index (κ1) is 11.9. The summed E-state index contributed by atoms with van der Waals surface area (Å²) >= 11 is 0. The predicted molar refractivity (Wildman–Crippen MR) is 57.5 cm³/mol. The van der Waals surface area contributed by atoms with Crippen molar-refractivity contribution < 1.29 is 19.0 Å². The molecule has 4 nitrogen and oxygen atoms in total. The van der Waals surface area contributed by atoms with Gasteiger partial charge in [-0.3, -0.25) is 4.79 Å². The zero-order valence-corrected chi connectivity index (χ0v) is 9.98. The standard InChI is InChI=1S/C12H20O4/c1-3-14-11(13)10(9-6-4-5-7-9)12-15-8(2)16-12/h8-10,12H,3-7H2,1-2H3. The molecule has 1 atom stereocenters. The molecular formula is C12H20O4. The van der Waals surface area contributed by atoms with Crippen molar-refractivity contribution in [2.45, 2.75) is 52.1 Å². The average Bonchev–Trinajstić information content (AvgIpc) is 2.69. The zero-order valence-electron chi connectivity index (χ0n) is 9.98. The van der Waals surface area contributed by atoms with Gasteiger partial charge in [0, 0.05) is 0 Å². The summed E-state index contributed by atoms with van der Waals surface area (Å²) in [6, 6.07) is 0. The van der Waals surface area contributed by atoms with E-state index in [1.165, 1.54) is 12.8 Å². The SMILES string of the molecule is CCOC(=O)C(C1CCCC1)C1OC(C)O1. The Morgan fingerprint density at radius 2 is 2.00 bits per heavy atom. The van der Waals surface area contributed by atoms with Gasteiger partial charge in [0.05, 0.1) is 6.61 Å². The highest BCUT2D eigenvalue weighted by Crippen LogP contribution is 2.38. The van der Waals surface area contributed by atoms with Crippen LogP contribution in [-0.4, -0.2) is 25.2 Å². The van der Waals surface area contributed by atoms with Crippen LogP contribution in [0.4, 0.5) is 0 Å². The van der Waals surface area contributed by atoms with Crippen LogP contribution in [-0.2, 0) is 19.0 Å². The highest BCUT2D eigenvalue weighted by atomic mass is 16.9. The second-order valence-electron chi connectivity index (χ2n) is 4.53. The van der Waals surface area contributed by atoms with Crippen molar-refractivity contribution in [3.05, 3.63) is 0 Å². The maximum atomic E-state index is 11.9. The Hall–Kier alpha value is -0.610. The summed E-state index contributed by atoms with van der Waals surface area (Å²) in [7, 11) is 0. The monoisotopic (exact) mass is 228 g/mol. The van der Waals surface area contributed by atoms with Gasteiger partial charge < -0.3 is 14.2 Å². The van der Waals surface area contributed by atoms with Gasteiger partial charge in [0.2, 0.25) is 0 Å². The van der Waals surface area contributed by atoms with Crippen LogP contribution in [0.2, 0.25) is 0 Å². The summed E-state index contributed by atoms with van der Waals surface area (Å²) in [5.74, 6) is -0.0125. The van der Waals surface area contributed by atoms with Crippen LogP contribution in [0.3, 0.4) is 0 Å². The number of hydrogen-bond acceptors (Lipinski definition) is 4. The molecule has 0 spiro atoms. The van der Waals surface area contributed by atoms with Crippen molar-refractivity contribution in [2.75, 3.05) is 6.61 Å². The Morgan fingerprint density at radius 3 is 2.50 bits per heavy atom. The summed E-state index contributed by atoms with van der Waals surface area (Å²) in [6.07, 6.45) is 4.01. The first-order chi connectivity index (χ1) is 7.72. The Balaban J connectivity index is 1.97. The van der Waals surface area contributed by atoms with E-state index in [4.69, 9.17) is 14.2 Å². The van der Waals surface area contributed by atoms with E-state index in [2.05, 4.69) is 0 Å². The summed E-state index contributed by atoms with van der Waals surface area (Å²) in [6.45, 7) is 4.09. The topological polar surface area (TPSA) is 44.8 Å². The smallest absolute Gasteiger partial charge is 0.314 e. The second kappa shape index (κ2) is 5.15. The first-order valence-corrected chi connectivity index (χ1v) is 6.20. The fourth-order valence-electron chi connectivity index (χ4n) is 2.64. The van der Waals surface area contributed by atoms with Crippen molar-refractivity contribution in [1.29, 1.82) is 0 Å². The molecule has 0 aromatic rings. The maximum Gasteiger partial charge on any atom is 0.314 e. The molecule has 2 aliphatic rings. The van der Waals surface area contributed by atoms with Crippen molar-refractivity contribution in [3.8, 4) is 0 Å². The second-order valence-corrected chi connectivity index (χ2v) is 4.53. The Morgan fingerprint density at radius 1 is 1.38 bits per heavy atom. The third-order valence-electron chi connectivity index (χ3n) is 3.41. The largest absolute Gasteiger partial charge is 0.466 e. The Kier molecular flexibility index (Phi) is 3.82. The average molecular weight is 228 g/mol. The van der Waals surface area contributed by atoms with Gasteiger partial charge in [-0.1, -0.05) is 12.8 Å². The molecule has 0 bridgehead atoms. The molecular weight excluding hydrogens is 208 g/mol. The van der Waals surface area contributed by atoms with Gasteiger partial charge in [-0.25, -0.2) is 0 Å². The van der Waals surface area contributed by atoms with E-state index in [9.17, 15) is 4.79 Å². The van der Waals surface area contributed by atoms with E-state index >= 15 is 0 Å². The number of ether oxygens (including phenoxy) is 3. The number of hydrogen-bond donors (Lipinski definition) is 0. The highest BCUT2D eigenvalue weighted by molar-refractivity contribution is 5.73. The quantitative estimate of drug-likeness (QED) is 0.691. The fourth-order valence-corrected chi connectivity index (χ4v) is 2.64. The van der Waals surface area contributed by atoms with Gasteiger partial charge >= 0.3 is 5.97 Å². The van der Waals surface area contributed by atoms with Gasteiger partial charge in [0.1, 0.15) is 5.92 Å². The molecule has 1 saturated heterocycles. The van der Waals surface area contributed by atoms with Gasteiger partial charge in [0.15, 0.2) is 12.6 Å². The highest BCUT2D eigenvalue weighted by Gasteiger charge is 2.44. The van der Waals surface area contributed by atoms with Crippen molar-refractivity contribution in [3.63, 3.8) is 0 Å². The number of rotatable bonds is 4. The van der Waals surface area contributed by atoms with Crippen LogP contribution in [0, 0.1) is 11.8 Å². The summed E-state index contributed by atoms with van der Waals surface area (Å²) < 4.78 is 16.0. The zero-order chi connectivity index (χ0) is 11.5. The molecule has 0 N–H and O–H groups in total. The minimum absolute atomic E-state index is 0.161. The molecule has 2 rings (SSSR count). The molecule has 1 aliphatic carbocycles. The summed E-state index contributed by atoms with van der Waals surface area (Å²) in [5.41, 5.74) is 0. The lowest BCUT2D eigenvalue weighted by molar-refractivity contribution is -0.392. The minimum atomic E-state index is -0.378. The lowest BCUT2D eigenvalue weighted by atomic mass is 9.89. The van der Waals surface area contributed by atoms with E-state index in [1.807, 2.05) is 13.8 Å². The molecule has 1 aliphatic heterocycles. The van der Waals surface area contributed by atoms with E-state index in [0.29, 0.717) is 12.5 Å². The minimum Gasteiger partial charge on any atom is -0.466 e. The van der Waals surface area contributed by atoms with Crippen molar-refractivity contribution in [1.82, 2.24) is 0 Å². The van der Waals surface area contributed by atoms with Crippen molar-refractivity contribution >= 4 is 5.97 Å². The molecule has 16 heavy (non-hydrogen) atoms. The number of carbonyl (C=O) groups excluding carboxylic acids is 1. The van der Waals surface area contributed by atoms with Crippen LogP contribution < -0.4 is 0 Å². The number of esters is 1. The number of carbonyl (C=O) groups is 1. The molecule has 1 heterocycles. The van der Waals surface area contributed by atoms with Crippen LogP contribution in [0.5, 0.6) is 0 Å². The van der Waals surface area contributed by atoms with E-state index < -0.39 is 0 Å². The normalized spacial score (nSPS) is 32.1. The van der Waals surface area contributed by atoms with Crippen LogP contribution >= 0.6 is 0 Å². The van der Waals surface area contributed by atoms with E-state index in [0.717, 1.165) is 12.8 Å². The molecule has 0 amide bonds. The molecule has 4 heteroatoms. The lowest BCUT2D eigenvalue weighted by Gasteiger charge is -2.39. The van der Waals surface area contributed by atoms with Gasteiger partial charge in [-0.2, -0.15) is 0 Å². The van der Waals surface area contributed by atoms with Gasteiger partial charge in [-0.15, -0.1) is 0 Å². The predicted octanol–water partition coefficient (Wildman–Crippen LogP) is 2.07. The summed E-state index contributed by atoms with van der Waals surface area (Å²) in [4.78, 5) is 11.9. The first-order valence-electron chi connectivity index (χ1n) is 6.20. The molecule has 0 aromatic heterocycles. The van der Waals surface area contributed by atoms with Gasteiger partial charge in [-0.05, 0) is 32.6 Å². The van der Waals surface area contributed by atoms with Crippen LogP contribution in [0.1, 0.15) is 39.5 Å². The molecule has 1 saturated carbocycles. The lowest BCUT2D eigenvalue weighted by Crippen LogP contribution is -2.49. The van der Waals surface area contributed by atoms with E-state index in [1.54, 1.807) is 0 Å². The van der Waals surface area contributed by atoms with Gasteiger partial charge in [0.25, 0.3) is 0 Å². The third-order valence-corrected chi connectivity index (χ3v) is 3.41. The molecule has 1 unspecified atom stereocenters. The summed E-state index contributed by atoms with van der Waals surface area (Å²) in [5, 5.41) is 0. The third kappa shape index (κ3) is 2.38. The van der Waals surface area contributed by atoms with Crippen molar-refractivity contribution in [2.24, 2.45) is 11.8 Å². The molecule has 0 aromatic carbocycles. The molecule has 2 fully saturated rings. The van der Waals surface area contributed by atoms with Crippen LogP contribution in [0.15, 0.2) is 0 Å². The maximum absolute atomic E-state index is 11.9. The van der Waals surface area contributed by atoms with Crippen LogP contribution in [0.25, 0.3) is 0 Å². The Bertz CT molecular complexity index is 241. The molecule has 92 valence electrons. The fraction of sp³-hybridized carbons (Fsp3) is 0.917. The van der Waals surface area contributed by atoms with E-state index in [-0.39, 0.29) is 24.5 Å². The molecule has 0 radical (unpaired) electrons.